The quantitative estimate of drug-likeness (QED) is 0.736. The molecule has 1 unspecified atom stereocenters. The van der Waals surface area contributed by atoms with Gasteiger partial charge in [0.1, 0.15) is 6.54 Å². The zero-order chi connectivity index (χ0) is 18.5. The Balaban J connectivity index is 3.32. The molecule has 8 heteroatoms. The Labute approximate surface area is 142 Å². The van der Waals surface area contributed by atoms with Crippen LogP contribution in [0.5, 0.6) is 0 Å². The predicted octanol–water partition coefficient (Wildman–Crippen LogP) is 1.62. The van der Waals surface area contributed by atoms with Gasteiger partial charge in [-0.05, 0) is 38.0 Å². The van der Waals surface area contributed by atoms with Crippen LogP contribution in [0.1, 0.15) is 43.1 Å². The molecule has 0 bridgehead atoms. The van der Waals surface area contributed by atoms with Gasteiger partial charge < -0.3 is 10.0 Å². The van der Waals surface area contributed by atoms with E-state index in [4.69, 9.17) is 5.11 Å². The molecule has 24 heavy (non-hydrogen) atoms. The number of aliphatic carboxylic acids is 1. The van der Waals surface area contributed by atoms with Gasteiger partial charge >= 0.3 is 5.97 Å². The highest BCUT2D eigenvalue weighted by Gasteiger charge is 2.25. The summed E-state index contributed by atoms with van der Waals surface area (Å²) in [6.07, 6.45) is 0.591. The molecule has 0 aliphatic rings. The summed E-state index contributed by atoms with van der Waals surface area (Å²) in [5.74, 6) is -1.60. The number of hydrogen-bond donors (Lipinski definition) is 2. The maximum Gasteiger partial charge on any atom is 0.323 e. The summed E-state index contributed by atoms with van der Waals surface area (Å²) >= 11 is 0. The van der Waals surface area contributed by atoms with E-state index in [0.29, 0.717) is 12.0 Å². The molecule has 0 fully saturated rings. The van der Waals surface area contributed by atoms with Gasteiger partial charge in [0.25, 0.3) is 5.91 Å². The first-order chi connectivity index (χ1) is 11.1. The number of benzene rings is 1. The first-order valence-electron chi connectivity index (χ1n) is 7.77. The maximum atomic E-state index is 12.8. The van der Waals surface area contributed by atoms with Crippen LogP contribution in [0.25, 0.3) is 0 Å². The molecule has 1 aromatic rings. The third kappa shape index (κ3) is 4.78. The van der Waals surface area contributed by atoms with E-state index in [1.165, 1.54) is 17.0 Å². The molecule has 1 aromatic carbocycles. The molecule has 2 N–H and O–H groups in total. The molecule has 0 saturated carbocycles. The van der Waals surface area contributed by atoms with Crippen molar-refractivity contribution in [2.45, 2.75) is 45.1 Å². The van der Waals surface area contributed by atoms with Crippen molar-refractivity contribution in [1.29, 1.82) is 0 Å². The van der Waals surface area contributed by atoms with Crippen LogP contribution in [-0.4, -0.2) is 49.4 Å². The molecule has 0 aliphatic heterocycles. The second-order valence-electron chi connectivity index (χ2n) is 5.56. The molecular formula is C16H24N2O5S. The van der Waals surface area contributed by atoms with E-state index < -0.39 is 28.4 Å². The lowest BCUT2D eigenvalue weighted by atomic mass is 10.1. The van der Waals surface area contributed by atoms with Crippen molar-refractivity contribution in [1.82, 2.24) is 9.62 Å². The van der Waals surface area contributed by atoms with Gasteiger partial charge in [-0.15, -0.1) is 0 Å². The highest BCUT2D eigenvalue weighted by Crippen LogP contribution is 2.19. The lowest BCUT2D eigenvalue weighted by Crippen LogP contribution is -2.42. The van der Waals surface area contributed by atoms with Crippen molar-refractivity contribution in [3.8, 4) is 0 Å². The summed E-state index contributed by atoms with van der Waals surface area (Å²) in [7, 11) is -3.69. The molecule has 1 rings (SSSR count). The van der Waals surface area contributed by atoms with Crippen LogP contribution in [0.15, 0.2) is 23.1 Å². The molecule has 1 amide bonds. The summed E-state index contributed by atoms with van der Waals surface area (Å²) in [5.41, 5.74) is 0.782. The number of amides is 1. The van der Waals surface area contributed by atoms with Gasteiger partial charge in [-0.3, -0.25) is 9.59 Å². The highest BCUT2D eigenvalue weighted by atomic mass is 32.2. The Morgan fingerprint density at radius 2 is 1.92 bits per heavy atom. The van der Waals surface area contributed by atoms with Crippen molar-refractivity contribution < 1.29 is 23.1 Å². The van der Waals surface area contributed by atoms with Crippen molar-refractivity contribution in [3.05, 3.63) is 29.3 Å². The minimum atomic E-state index is -3.69. The summed E-state index contributed by atoms with van der Waals surface area (Å²) in [4.78, 5) is 25.1. The minimum Gasteiger partial charge on any atom is -0.480 e. The van der Waals surface area contributed by atoms with E-state index in [2.05, 4.69) is 4.72 Å². The summed E-state index contributed by atoms with van der Waals surface area (Å²) in [6.45, 7) is 6.76. The largest absolute Gasteiger partial charge is 0.480 e. The Morgan fingerprint density at radius 3 is 2.42 bits per heavy atom. The number of carboxylic acids is 1. The number of aryl methyl sites for hydroxylation is 1. The number of sulfonamides is 1. The Kier molecular flexibility index (Phi) is 6.92. The fourth-order valence-corrected chi connectivity index (χ4v) is 3.29. The van der Waals surface area contributed by atoms with E-state index in [0.717, 1.165) is 0 Å². The maximum absolute atomic E-state index is 12.8. The third-order valence-corrected chi connectivity index (χ3v) is 5.32. The van der Waals surface area contributed by atoms with Gasteiger partial charge in [0, 0.05) is 18.2 Å². The van der Waals surface area contributed by atoms with Crippen LogP contribution in [0.2, 0.25) is 0 Å². The average molecular weight is 356 g/mol. The molecule has 0 radical (unpaired) electrons. The number of nitrogens with zero attached hydrogens (tertiary/aromatic N) is 1. The molecular weight excluding hydrogens is 332 g/mol. The summed E-state index contributed by atoms with van der Waals surface area (Å²) in [5, 5.41) is 9.05. The van der Waals surface area contributed by atoms with Gasteiger partial charge in [-0.2, -0.15) is 0 Å². The van der Waals surface area contributed by atoms with Crippen LogP contribution >= 0.6 is 0 Å². The van der Waals surface area contributed by atoms with Crippen LogP contribution < -0.4 is 4.72 Å². The lowest BCUT2D eigenvalue weighted by molar-refractivity contribution is -0.138. The normalized spacial score (nSPS) is 12.7. The number of carbonyl (C=O) groups excluding carboxylic acids is 1. The molecule has 0 spiro atoms. The molecule has 134 valence electrons. The highest BCUT2D eigenvalue weighted by molar-refractivity contribution is 7.89. The zero-order valence-corrected chi connectivity index (χ0v) is 15.2. The second kappa shape index (κ2) is 8.25. The van der Waals surface area contributed by atoms with E-state index in [9.17, 15) is 18.0 Å². The third-order valence-electron chi connectivity index (χ3n) is 3.77. The monoisotopic (exact) mass is 356 g/mol. The van der Waals surface area contributed by atoms with Gasteiger partial charge in [0.05, 0.1) is 4.90 Å². The Hall–Kier alpha value is -1.93. The van der Waals surface area contributed by atoms with Crippen LogP contribution in [0.3, 0.4) is 0 Å². The number of carbonyl (C=O) groups is 2. The van der Waals surface area contributed by atoms with Gasteiger partial charge in [0.2, 0.25) is 10.0 Å². The SMILES string of the molecule is CCNS(=O)(=O)c1ccc(C)c(C(=O)N(CC(=O)O)C(C)CC)c1. The van der Waals surface area contributed by atoms with Crippen LogP contribution in [-0.2, 0) is 14.8 Å². The molecule has 0 aromatic heterocycles. The first-order valence-corrected chi connectivity index (χ1v) is 9.25. The molecule has 0 saturated heterocycles. The fourth-order valence-electron chi connectivity index (χ4n) is 2.22. The first kappa shape index (κ1) is 20.1. The second-order valence-corrected chi connectivity index (χ2v) is 7.33. The standard InChI is InChI=1S/C16H24N2O5S/c1-5-12(4)18(10-15(19)20)16(21)14-9-13(8-7-11(14)3)24(22,23)17-6-2/h7-9,12,17H,5-6,10H2,1-4H3,(H,19,20). The zero-order valence-electron chi connectivity index (χ0n) is 14.4. The van der Waals surface area contributed by atoms with E-state index in [1.54, 1.807) is 26.8 Å². The Morgan fingerprint density at radius 1 is 1.29 bits per heavy atom. The smallest absolute Gasteiger partial charge is 0.323 e. The summed E-state index contributed by atoms with van der Waals surface area (Å²) in [6, 6.07) is 4.00. The van der Waals surface area contributed by atoms with Crippen molar-refractivity contribution in [3.63, 3.8) is 0 Å². The summed E-state index contributed by atoms with van der Waals surface area (Å²) < 4.78 is 26.6. The van der Waals surface area contributed by atoms with E-state index in [-0.39, 0.29) is 23.0 Å². The van der Waals surface area contributed by atoms with Gasteiger partial charge in [-0.25, -0.2) is 13.1 Å². The van der Waals surface area contributed by atoms with Crippen LogP contribution in [0.4, 0.5) is 0 Å². The van der Waals surface area contributed by atoms with Crippen molar-refractivity contribution in [2.75, 3.05) is 13.1 Å². The lowest BCUT2D eigenvalue weighted by Gasteiger charge is -2.27. The fraction of sp³-hybridized carbons (Fsp3) is 0.500. The minimum absolute atomic E-state index is 0.0160. The molecule has 0 heterocycles. The topological polar surface area (TPSA) is 104 Å². The molecule has 7 nitrogen and oxygen atoms in total. The molecule has 0 aliphatic carbocycles. The van der Waals surface area contributed by atoms with E-state index >= 15 is 0 Å². The number of nitrogens with one attached hydrogen (secondary N) is 1. The predicted molar refractivity (Wildman–Crippen MR) is 90.5 cm³/mol. The van der Waals surface area contributed by atoms with Crippen molar-refractivity contribution >= 4 is 21.9 Å². The van der Waals surface area contributed by atoms with Gasteiger partial charge in [-0.1, -0.05) is 19.9 Å². The van der Waals surface area contributed by atoms with Crippen molar-refractivity contribution in [2.24, 2.45) is 0 Å². The number of carboxylic acid groups (broad SMARTS) is 1. The Bertz CT molecular complexity index is 715. The number of hydrogen-bond acceptors (Lipinski definition) is 4. The van der Waals surface area contributed by atoms with Gasteiger partial charge in [0.15, 0.2) is 0 Å². The molecule has 1 atom stereocenters. The number of rotatable bonds is 8. The van der Waals surface area contributed by atoms with Crippen LogP contribution in [0, 0.1) is 6.92 Å². The average Bonchev–Trinajstić information content (AvgIpc) is 2.51. The van der Waals surface area contributed by atoms with E-state index in [1.807, 2.05) is 6.92 Å².